The molecule has 0 unspecified atom stereocenters. The molecule has 3 aromatic carbocycles. The maximum Gasteiger partial charge on any atom is 0.349 e. The Labute approximate surface area is 162 Å². The van der Waals surface area contributed by atoms with Gasteiger partial charge >= 0.3 is 5.97 Å². The molecule has 134 valence electrons. The molecule has 0 radical (unpaired) electrons. The first-order chi connectivity index (χ1) is 13.1. The normalized spacial score (nSPS) is 10.1. The van der Waals surface area contributed by atoms with Crippen LogP contribution >= 0.6 is 11.6 Å². The van der Waals surface area contributed by atoms with Crippen LogP contribution in [0.1, 0.15) is 16.7 Å². The van der Waals surface area contributed by atoms with Crippen molar-refractivity contribution in [1.29, 1.82) is 5.26 Å². The van der Waals surface area contributed by atoms with Gasteiger partial charge in [-0.2, -0.15) is 5.26 Å². The first kappa shape index (κ1) is 18.5. The van der Waals surface area contributed by atoms with Crippen LogP contribution in [0.25, 0.3) is 0 Å². The van der Waals surface area contributed by atoms with Crippen molar-refractivity contribution in [3.63, 3.8) is 0 Å². The maximum absolute atomic E-state index is 12.2. The van der Waals surface area contributed by atoms with Gasteiger partial charge in [0.25, 0.3) is 0 Å². The Morgan fingerprint density at radius 3 is 2.44 bits per heavy atom. The van der Waals surface area contributed by atoms with Crippen LogP contribution in [0.2, 0.25) is 5.02 Å². The zero-order chi connectivity index (χ0) is 19.1. The number of halogens is 1. The quantitative estimate of drug-likeness (QED) is 0.458. The van der Waals surface area contributed by atoms with Crippen molar-refractivity contribution < 1.29 is 14.3 Å². The predicted octanol–water partition coefficient (Wildman–Crippen LogP) is 4.79. The minimum atomic E-state index is -0.518. The van der Waals surface area contributed by atoms with Crippen LogP contribution in [0.5, 0.6) is 11.5 Å². The van der Waals surface area contributed by atoms with Gasteiger partial charge in [-0.15, -0.1) is 0 Å². The Morgan fingerprint density at radius 2 is 1.74 bits per heavy atom. The molecule has 3 rings (SSSR count). The maximum atomic E-state index is 12.2. The number of benzene rings is 3. The highest BCUT2D eigenvalue weighted by atomic mass is 35.5. The van der Waals surface area contributed by atoms with Crippen molar-refractivity contribution in [3.8, 4) is 17.6 Å². The minimum Gasteiger partial charge on any atom is -0.482 e. The van der Waals surface area contributed by atoms with Gasteiger partial charge in [-0.25, -0.2) is 4.79 Å². The summed E-state index contributed by atoms with van der Waals surface area (Å²) >= 11 is 6.10. The lowest BCUT2D eigenvalue weighted by Gasteiger charge is -2.11. The van der Waals surface area contributed by atoms with Crippen LogP contribution in [0, 0.1) is 11.3 Å². The highest BCUT2D eigenvalue weighted by molar-refractivity contribution is 6.30. The molecular weight excluding hydrogens is 362 g/mol. The summed E-state index contributed by atoms with van der Waals surface area (Å²) < 4.78 is 10.9. The number of nitriles is 1. The standard InChI is InChI=1S/C22H16ClNO3/c23-19-8-11-21(18(13-19)12-16-4-2-1-3-5-16)27-22(25)15-26-20-9-6-17(14-24)7-10-20/h1-11,13H,12,15H2. The minimum absolute atomic E-state index is 0.237. The average molecular weight is 378 g/mol. The van der Waals surface area contributed by atoms with Crippen LogP contribution in [-0.2, 0) is 11.2 Å². The molecule has 0 saturated carbocycles. The summed E-state index contributed by atoms with van der Waals surface area (Å²) in [4.78, 5) is 12.2. The SMILES string of the molecule is N#Cc1ccc(OCC(=O)Oc2ccc(Cl)cc2Cc2ccccc2)cc1. The summed E-state index contributed by atoms with van der Waals surface area (Å²) in [6.45, 7) is -0.237. The van der Waals surface area contributed by atoms with Crippen molar-refractivity contribution in [2.75, 3.05) is 6.61 Å². The number of carbonyl (C=O) groups is 1. The van der Waals surface area contributed by atoms with E-state index in [9.17, 15) is 4.79 Å². The lowest BCUT2D eigenvalue weighted by atomic mass is 10.0. The monoisotopic (exact) mass is 377 g/mol. The Morgan fingerprint density at radius 1 is 1.00 bits per heavy atom. The van der Waals surface area contributed by atoms with Crippen molar-refractivity contribution in [3.05, 3.63) is 94.5 Å². The smallest absolute Gasteiger partial charge is 0.349 e. The van der Waals surface area contributed by atoms with Crippen LogP contribution in [0.3, 0.4) is 0 Å². The molecule has 0 atom stereocenters. The summed E-state index contributed by atoms with van der Waals surface area (Å²) in [5, 5.41) is 9.37. The molecule has 0 aliphatic carbocycles. The Bertz CT molecular complexity index is 963. The first-order valence-electron chi connectivity index (χ1n) is 8.30. The fraction of sp³-hybridized carbons (Fsp3) is 0.0909. The molecule has 27 heavy (non-hydrogen) atoms. The topological polar surface area (TPSA) is 59.3 Å². The van der Waals surface area contributed by atoms with Crippen LogP contribution in [-0.4, -0.2) is 12.6 Å². The average Bonchev–Trinajstić information content (AvgIpc) is 2.70. The predicted molar refractivity (Wildman–Crippen MR) is 103 cm³/mol. The van der Waals surface area contributed by atoms with Crippen LogP contribution in [0.15, 0.2) is 72.8 Å². The van der Waals surface area contributed by atoms with Gasteiger partial charge in [-0.1, -0.05) is 41.9 Å². The molecule has 0 N–H and O–H groups in total. The number of hydrogen-bond donors (Lipinski definition) is 0. The molecule has 0 spiro atoms. The largest absolute Gasteiger partial charge is 0.482 e. The van der Waals surface area contributed by atoms with Gasteiger partial charge in [-0.3, -0.25) is 0 Å². The van der Waals surface area contributed by atoms with Crippen LogP contribution in [0.4, 0.5) is 0 Å². The molecule has 0 aliphatic rings. The highest BCUT2D eigenvalue weighted by Gasteiger charge is 2.12. The van der Waals surface area contributed by atoms with E-state index in [-0.39, 0.29) is 6.61 Å². The molecule has 0 aromatic heterocycles. The van der Waals surface area contributed by atoms with Gasteiger partial charge in [0.15, 0.2) is 6.61 Å². The van der Waals surface area contributed by atoms with E-state index in [1.807, 2.05) is 36.4 Å². The zero-order valence-electron chi connectivity index (χ0n) is 14.4. The number of hydrogen-bond acceptors (Lipinski definition) is 4. The Hall–Kier alpha value is -3.29. The lowest BCUT2D eigenvalue weighted by Crippen LogP contribution is -2.18. The molecule has 0 bridgehead atoms. The first-order valence-corrected chi connectivity index (χ1v) is 8.68. The summed E-state index contributed by atoms with van der Waals surface area (Å²) in [7, 11) is 0. The summed E-state index contributed by atoms with van der Waals surface area (Å²) in [5.41, 5.74) is 2.43. The van der Waals surface area contributed by atoms with Gasteiger partial charge < -0.3 is 9.47 Å². The van der Waals surface area contributed by atoms with Gasteiger partial charge in [-0.05, 0) is 48.0 Å². The third-order valence-corrected chi connectivity index (χ3v) is 4.06. The molecule has 4 nitrogen and oxygen atoms in total. The second kappa shape index (κ2) is 8.88. The van der Waals surface area contributed by atoms with Crippen molar-refractivity contribution in [2.24, 2.45) is 0 Å². The van der Waals surface area contributed by atoms with Crippen molar-refractivity contribution in [2.45, 2.75) is 6.42 Å². The Balaban J connectivity index is 1.65. The number of esters is 1. The molecule has 0 aliphatic heterocycles. The van der Waals surface area contributed by atoms with Crippen molar-refractivity contribution in [1.82, 2.24) is 0 Å². The molecule has 0 amide bonds. The summed E-state index contributed by atoms with van der Waals surface area (Å²) in [5.74, 6) is 0.430. The van der Waals surface area contributed by atoms with Crippen molar-refractivity contribution >= 4 is 17.6 Å². The van der Waals surface area contributed by atoms with Gasteiger partial charge in [0.2, 0.25) is 0 Å². The fourth-order valence-electron chi connectivity index (χ4n) is 2.52. The van der Waals surface area contributed by atoms with Crippen LogP contribution < -0.4 is 9.47 Å². The number of rotatable bonds is 6. The van der Waals surface area contributed by atoms with Gasteiger partial charge in [0.1, 0.15) is 11.5 Å². The molecule has 0 fully saturated rings. The Kier molecular flexibility index (Phi) is 6.09. The van der Waals surface area contributed by atoms with E-state index in [0.717, 1.165) is 11.1 Å². The van der Waals surface area contributed by atoms with Gasteiger partial charge in [0, 0.05) is 17.0 Å². The van der Waals surface area contributed by atoms with E-state index >= 15 is 0 Å². The molecular formula is C22H16ClNO3. The molecule has 0 saturated heterocycles. The third kappa shape index (κ3) is 5.34. The molecule has 3 aromatic rings. The van der Waals surface area contributed by atoms with E-state index in [1.165, 1.54) is 0 Å². The van der Waals surface area contributed by atoms with Gasteiger partial charge in [0.05, 0.1) is 11.6 Å². The molecule has 0 heterocycles. The third-order valence-electron chi connectivity index (χ3n) is 3.82. The van der Waals surface area contributed by atoms with E-state index in [4.69, 9.17) is 26.3 Å². The number of nitrogens with zero attached hydrogens (tertiary/aromatic N) is 1. The summed E-state index contributed by atoms with van der Waals surface area (Å²) in [6.07, 6.45) is 0.598. The highest BCUT2D eigenvalue weighted by Crippen LogP contribution is 2.26. The van der Waals surface area contributed by atoms with E-state index in [0.29, 0.717) is 28.5 Å². The second-order valence-corrected chi connectivity index (χ2v) is 6.25. The number of carbonyl (C=O) groups excluding carboxylic acids is 1. The summed E-state index contributed by atoms with van der Waals surface area (Å²) in [6, 6.07) is 23.5. The lowest BCUT2D eigenvalue weighted by molar-refractivity contribution is -0.136. The molecule has 5 heteroatoms. The number of ether oxygens (including phenoxy) is 2. The van der Waals surface area contributed by atoms with E-state index < -0.39 is 5.97 Å². The zero-order valence-corrected chi connectivity index (χ0v) is 15.1. The fourth-order valence-corrected chi connectivity index (χ4v) is 2.72. The van der Waals surface area contributed by atoms with E-state index in [2.05, 4.69) is 0 Å². The second-order valence-electron chi connectivity index (χ2n) is 5.81. The van der Waals surface area contributed by atoms with E-state index in [1.54, 1.807) is 42.5 Å².